The first-order chi connectivity index (χ1) is 10.2. The van der Waals surface area contributed by atoms with Gasteiger partial charge in [-0.05, 0) is 18.9 Å². The maximum Gasteiger partial charge on any atom is 0.262 e. The lowest BCUT2D eigenvalue weighted by atomic mass is 10.1. The van der Waals surface area contributed by atoms with Gasteiger partial charge >= 0.3 is 0 Å². The van der Waals surface area contributed by atoms with Gasteiger partial charge in [0.05, 0.1) is 12.2 Å². The molecule has 0 aliphatic carbocycles. The van der Waals surface area contributed by atoms with Gasteiger partial charge in [0.25, 0.3) is 5.56 Å². The molecule has 0 aliphatic rings. The molecule has 3 rings (SSSR count). The summed E-state index contributed by atoms with van der Waals surface area (Å²) in [5.74, 6) is 0.670. The predicted octanol–water partition coefficient (Wildman–Crippen LogP) is 2.68. The van der Waals surface area contributed by atoms with Crippen LogP contribution in [0.15, 0.2) is 41.3 Å². The second-order valence-corrected chi connectivity index (χ2v) is 5.26. The molecule has 1 unspecified atom stereocenters. The van der Waals surface area contributed by atoms with Crippen molar-refractivity contribution in [2.24, 2.45) is 0 Å². The van der Waals surface area contributed by atoms with Crippen LogP contribution in [-0.4, -0.2) is 19.7 Å². The number of H-pyrrole nitrogens is 1. The van der Waals surface area contributed by atoms with E-state index in [1.807, 2.05) is 35.0 Å². The Labute approximate surface area is 122 Å². The smallest absolute Gasteiger partial charge is 0.262 e. The highest BCUT2D eigenvalue weighted by molar-refractivity contribution is 5.73. The summed E-state index contributed by atoms with van der Waals surface area (Å²) < 4.78 is 1.83. The number of hydrogen-bond acceptors (Lipinski definition) is 3. The van der Waals surface area contributed by atoms with Crippen LogP contribution in [0.2, 0.25) is 0 Å². The number of fused-ring (bicyclic) bond motifs is 1. The molecule has 2 aromatic heterocycles. The van der Waals surface area contributed by atoms with E-state index in [0.717, 1.165) is 12.0 Å². The number of nitrogens with zero attached hydrogens (tertiary/aromatic N) is 3. The first-order valence-electron chi connectivity index (χ1n) is 7.19. The fourth-order valence-electron chi connectivity index (χ4n) is 2.35. The van der Waals surface area contributed by atoms with Crippen LogP contribution in [0.3, 0.4) is 0 Å². The van der Waals surface area contributed by atoms with Crippen molar-refractivity contribution in [1.29, 1.82) is 0 Å². The first-order valence-corrected chi connectivity index (χ1v) is 7.19. The molecule has 1 N–H and O–H groups in total. The van der Waals surface area contributed by atoms with Gasteiger partial charge in [-0.25, -0.2) is 9.67 Å². The van der Waals surface area contributed by atoms with E-state index in [9.17, 15) is 4.79 Å². The second kappa shape index (κ2) is 5.52. The van der Waals surface area contributed by atoms with E-state index in [0.29, 0.717) is 23.3 Å². The van der Waals surface area contributed by atoms with E-state index >= 15 is 0 Å². The van der Waals surface area contributed by atoms with Crippen LogP contribution in [0.25, 0.3) is 11.0 Å². The van der Waals surface area contributed by atoms with Crippen LogP contribution in [0.5, 0.6) is 0 Å². The number of hydrogen-bond donors (Lipinski definition) is 1. The summed E-state index contributed by atoms with van der Waals surface area (Å²) in [7, 11) is 0. The van der Waals surface area contributed by atoms with Gasteiger partial charge in [0.15, 0.2) is 5.65 Å². The fourth-order valence-corrected chi connectivity index (χ4v) is 2.35. The standard InChI is InChI=1S/C16H18N4O/c1-3-11(2)20-15-13(10-17-20)16(21)19-14(18-15)9-12-7-5-4-6-8-12/h4-8,10-11H,3,9H2,1-2H3,(H,18,19,21). The molecule has 0 bridgehead atoms. The van der Waals surface area contributed by atoms with Crippen molar-refractivity contribution in [3.8, 4) is 0 Å². The third-order valence-electron chi connectivity index (χ3n) is 3.74. The first kappa shape index (κ1) is 13.5. The van der Waals surface area contributed by atoms with Gasteiger partial charge in [-0.1, -0.05) is 37.3 Å². The van der Waals surface area contributed by atoms with Crippen molar-refractivity contribution in [1.82, 2.24) is 19.7 Å². The quantitative estimate of drug-likeness (QED) is 0.800. The van der Waals surface area contributed by atoms with Gasteiger partial charge in [-0.3, -0.25) is 4.79 Å². The minimum atomic E-state index is -0.125. The van der Waals surface area contributed by atoms with E-state index in [4.69, 9.17) is 0 Å². The lowest BCUT2D eigenvalue weighted by molar-refractivity contribution is 0.489. The van der Waals surface area contributed by atoms with Gasteiger partial charge in [0, 0.05) is 6.42 Å². The Morgan fingerprint density at radius 3 is 2.76 bits per heavy atom. The number of nitrogens with one attached hydrogen (secondary N) is 1. The molecule has 0 fully saturated rings. The monoisotopic (exact) mass is 282 g/mol. The Balaban J connectivity index is 2.07. The third-order valence-corrected chi connectivity index (χ3v) is 3.74. The molecule has 108 valence electrons. The van der Waals surface area contributed by atoms with Crippen LogP contribution < -0.4 is 5.56 Å². The zero-order valence-corrected chi connectivity index (χ0v) is 12.2. The van der Waals surface area contributed by atoms with Gasteiger partial charge in [0.2, 0.25) is 0 Å². The highest BCUT2D eigenvalue weighted by atomic mass is 16.1. The number of rotatable bonds is 4. The SMILES string of the molecule is CCC(C)n1ncc2c(=O)[nH]c(Cc3ccccc3)nc21. The molecular weight excluding hydrogens is 264 g/mol. The Morgan fingerprint density at radius 1 is 1.29 bits per heavy atom. The summed E-state index contributed by atoms with van der Waals surface area (Å²) in [6.07, 6.45) is 3.15. The average Bonchev–Trinajstić information content (AvgIpc) is 2.92. The van der Waals surface area contributed by atoms with Gasteiger partial charge in [-0.2, -0.15) is 5.10 Å². The Bertz CT molecular complexity index is 804. The van der Waals surface area contributed by atoms with Crippen LogP contribution in [0.4, 0.5) is 0 Å². The molecule has 1 aromatic carbocycles. The summed E-state index contributed by atoms with van der Waals surface area (Å²) in [5, 5.41) is 4.86. The van der Waals surface area contributed by atoms with Crippen molar-refractivity contribution in [3.63, 3.8) is 0 Å². The van der Waals surface area contributed by atoms with Crippen LogP contribution in [0.1, 0.15) is 37.7 Å². The van der Waals surface area contributed by atoms with E-state index in [-0.39, 0.29) is 11.6 Å². The largest absolute Gasteiger partial charge is 0.310 e. The molecule has 1 atom stereocenters. The molecule has 0 saturated heterocycles. The molecule has 3 aromatic rings. The zero-order chi connectivity index (χ0) is 14.8. The van der Waals surface area contributed by atoms with Gasteiger partial charge in [0.1, 0.15) is 11.2 Å². The minimum absolute atomic E-state index is 0.125. The van der Waals surface area contributed by atoms with E-state index in [1.54, 1.807) is 6.20 Å². The molecule has 0 amide bonds. The molecule has 0 radical (unpaired) electrons. The Hall–Kier alpha value is -2.43. The van der Waals surface area contributed by atoms with Crippen molar-refractivity contribution < 1.29 is 0 Å². The molecule has 21 heavy (non-hydrogen) atoms. The van der Waals surface area contributed by atoms with Crippen molar-refractivity contribution >= 4 is 11.0 Å². The number of aromatic amines is 1. The fraction of sp³-hybridized carbons (Fsp3) is 0.312. The second-order valence-electron chi connectivity index (χ2n) is 5.26. The Morgan fingerprint density at radius 2 is 2.05 bits per heavy atom. The van der Waals surface area contributed by atoms with E-state index < -0.39 is 0 Å². The van der Waals surface area contributed by atoms with Crippen molar-refractivity contribution in [2.75, 3.05) is 0 Å². The van der Waals surface area contributed by atoms with E-state index in [2.05, 4.69) is 28.9 Å². The van der Waals surface area contributed by atoms with Gasteiger partial charge < -0.3 is 4.98 Å². The number of benzene rings is 1. The maximum absolute atomic E-state index is 12.2. The molecule has 5 heteroatoms. The summed E-state index contributed by atoms with van der Waals surface area (Å²) in [4.78, 5) is 19.6. The third kappa shape index (κ3) is 2.59. The molecule has 0 aliphatic heterocycles. The maximum atomic E-state index is 12.2. The lowest BCUT2D eigenvalue weighted by Gasteiger charge is -2.10. The van der Waals surface area contributed by atoms with Gasteiger partial charge in [-0.15, -0.1) is 0 Å². The zero-order valence-electron chi connectivity index (χ0n) is 12.2. The topological polar surface area (TPSA) is 63.6 Å². The van der Waals surface area contributed by atoms with Crippen molar-refractivity contribution in [3.05, 3.63) is 58.3 Å². The minimum Gasteiger partial charge on any atom is -0.310 e. The summed E-state index contributed by atoms with van der Waals surface area (Å²) in [6.45, 7) is 4.17. The molecule has 2 heterocycles. The van der Waals surface area contributed by atoms with Crippen LogP contribution in [0, 0.1) is 0 Å². The predicted molar refractivity (Wildman–Crippen MR) is 82.4 cm³/mol. The van der Waals surface area contributed by atoms with Crippen molar-refractivity contribution in [2.45, 2.75) is 32.7 Å². The van der Waals surface area contributed by atoms with Crippen LogP contribution in [-0.2, 0) is 6.42 Å². The summed E-state index contributed by atoms with van der Waals surface area (Å²) in [6, 6.07) is 10.2. The summed E-state index contributed by atoms with van der Waals surface area (Å²) >= 11 is 0. The summed E-state index contributed by atoms with van der Waals surface area (Å²) in [5.41, 5.74) is 1.66. The van der Waals surface area contributed by atoms with Crippen LogP contribution >= 0.6 is 0 Å². The normalized spacial score (nSPS) is 12.7. The van der Waals surface area contributed by atoms with E-state index in [1.165, 1.54) is 0 Å². The molecular formula is C16H18N4O. The molecule has 0 saturated carbocycles. The molecule has 5 nitrogen and oxygen atoms in total. The Kier molecular flexibility index (Phi) is 3.56. The number of aromatic nitrogens is 4. The lowest BCUT2D eigenvalue weighted by Crippen LogP contribution is -2.14. The highest BCUT2D eigenvalue weighted by Crippen LogP contribution is 2.16. The molecule has 0 spiro atoms. The highest BCUT2D eigenvalue weighted by Gasteiger charge is 2.13. The average molecular weight is 282 g/mol.